The molecule has 3 aromatic rings. The molecule has 1 heterocycles. The highest BCUT2D eigenvalue weighted by Gasteiger charge is 2.22. The summed E-state index contributed by atoms with van der Waals surface area (Å²) in [6.45, 7) is 1.30. The zero-order valence-corrected chi connectivity index (χ0v) is 17.4. The average molecular weight is 423 g/mol. The van der Waals surface area contributed by atoms with Crippen LogP contribution < -0.4 is 20.1 Å². The number of hydrogen-bond donors (Lipinski definition) is 2. The molecule has 0 aromatic heterocycles. The SMILES string of the molecule is COc1ccc(C(=O)Nc2cccc(CNC3CCOc4c(Cl)cccc43)c2)cc1. The molecule has 1 amide bonds. The molecular weight excluding hydrogens is 400 g/mol. The second kappa shape index (κ2) is 9.20. The Morgan fingerprint density at radius 2 is 1.93 bits per heavy atom. The number of hydrogen-bond acceptors (Lipinski definition) is 4. The van der Waals surface area contributed by atoms with Crippen molar-refractivity contribution in [3.8, 4) is 11.5 Å². The van der Waals surface area contributed by atoms with Crippen LogP contribution in [0.3, 0.4) is 0 Å². The molecule has 1 aliphatic rings. The molecule has 1 unspecified atom stereocenters. The Morgan fingerprint density at radius 1 is 1.13 bits per heavy atom. The molecule has 30 heavy (non-hydrogen) atoms. The second-order valence-electron chi connectivity index (χ2n) is 7.11. The summed E-state index contributed by atoms with van der Waals surface area (Å²) in [6, 6.07) is 20.9. The first kappa shape index (κ1) is 20.3. The number of carbonyl (C=O) groups excluding carboxylic acids is 1. The van der Waals surface area contributed by atoms with E-state index in [0.29, 0.717) is 23.7 Å². The normalized spacial score (nSPS) is 15.1. The van der Waals surface area contributed by atoms with Gasteiger partial charge in [0.05, 0.1) is 18.7 Å². The lowest BCUT2D eigenvalue weighted by atomic mass is 10.00. The molecule has 0 saturated heterocycles. The van der Waals surface area contributed by atoms with Crippen LogP contribution in [0.25, 0.3) is 0 Å². The van der Waals surface area contributed by atoms with E-state index in [0.717, 1.165) is 34.7 Å². The fourth-order valence-corrected chi connectivity index (χ4v) is 3.78. The van der Waals surface area contributed by atoms with Gasteiger partial charge in [-0.15, -0.1) is 0 Å². The minimum absolute atomic E-state index is 0.157. The number of halogens is 1. The summed E-state index contributed by atoms with van der Waals surface area (Å²) in [6.07, 6.45) is 0.876. The Hall–Kier alpha value is -3.02. The zero-order valence-electron chi connectivity index (χ0n) is 16.7. The average Bonchev–Trinajstić information content (AvgIpc) is 2.78. The van der Waals surface area contributed by atoms with Gasteiger partial charge in [0.2, 0.25) is 0 Å². The van der Waals surface area contributed by atoms with Gasteiger partial charge in [-0.3, -0.25) is 4.79 Å². The van der Waals surface area contributed by atoms with Crippen molar-refractivity contribution in [2.75, 3.05) is 19.0 Å². The van der Waals surface area contributed by atoms with E-state index >= 15 is 0 Å². The van der Waals surface area contributed by atoms with Gasteiger partial charge in [0.25, 0.3) is 5.91 Å². The van der Waals surface area contributed by atoms with Crippen LogP contribution in [0.15, 0.2) is 66.7 Å². The van der Waals surface area contributed by atoms with E-state index in [1.54, 1.807) is 31.4 Å². The topological polar surface area (TPSA) is 59.6 Å². The minimum atomic E-state index is -0.157. The lowest BCUT2D eigenvalue weighted by Crippen LogP contribution is -2.27. The maximum atomic E-state index is 12.5. The Labute approximate surface area is 181 Å². The Morgan fingerprint density at radius 3 is 2.73 bits per heavy atom. The molecule has 0 fully saturated rings. The quantitative estimate of drug-likeness (QED) is 0.572. The predicted octanol–water partition coefficient (Wildman–Crippen LogP) is 5.21. The summed E-state index contributed by atoms with van der Waals surface area (Å²) >= 11 is 6.26. The van der Waals surface area contributed by atoms with Crippen molar-refractivity contribution < 1.29 is 14.3 Å². The second-order valence-corrected chi connectivity index (χ2v) is 7.52. The highest BCUT2D eigenvalue weighted by Crippen LogP contribution is 2.37. The van der Waals surface area contributed by atoms with Gasteiger partial charge < -0.3 is 20.1 Å². The number of anilines is 1. The summed E-state index contributed by atoms with van der Waals surface area (Å²) in [5, 5.41) is 7.17. The van der Waals surface area contributed by atoms with Crippen LogP contribution in [-0.2, 0) is 6.54 Å². The number of amides is 1. The van der Waals surface area contributed by atoms with Crippen molar-refractivity contribution in [3.05, 3.63) is 88.4 Å². The smallest absolute Gasteiger partial charge is 0.255 e. The molecule has 0 radical (unpaired) electrons. The van der Waals surface area contributed by atoms with Crippen LogP contribution in [0.1, 0.15) is 33.9 Å². The third kappa shape index (κ3) is 4.58. The van der Waals surface area contributed by atoms with Gasteiger partial charge in [-0.25, -0.2) is 0 Å². The Kier molecular flexibility index (Phi) is 6.21. The third-order valence-electron chi connectivity index (χ3n) is 5.12. The van der Waals surface area contributed by atoms with E-state index in [1.807, 2.05) is 42.5 Å². The van der Waals surface area contributed by atoms with Crippen LogP contribution in [0.4, 0.5) is 5.69 Å². The highest BCUT2D eigenvalue weighted by molar-refractivity contribution is 6.32. The van der Waals surface area contributed by atoms with Crippen LogP contribution in [0.2, 0.25) is 5.02 Å². The molecule has 0 aliphatic carbocycles. The van der Waals surface area contributed by atoms with Crippen LogP contribution in [-0.4, -0.2) is 19.6 Å². The molecular formula is C24H23ClN2O3. The number of para-hydroxylation sites is 1. The number of ether oxygens (including phenoxy) is 2. The fraction of sp³-hybridized carbons (Fsp3) is 0.208. The first-order valence-corrected chi connectivity index (χ1v) is 10.2. The molecule has 0 spiro atoms. The largest absolute Gasteiger partial charge is 0.497 e. The molecule has 1 atom stereocenters. The number of carbonyl (C=O) groups is 1. The molecule has 3 aromatic carbocycles. The summed E-state index contributed by atoms with van der Waals surface area (Å²) in [5.41, 5.74) is 3.50. The van der Waals surface area contributed by atoms with Gasteiger partial charge in [-0.1, -0.05) is 35.9 Å². The van der Waals surface area contributed by atoms with Crippen LogP contribution in [0, 0.1) is 0 Å². The number of fused-ring (bicyclic) bond motifs is 1. The van der Waals surface area contributed by atoms with Crippen LogP contribution in [0.5, 0.6) is 11.5 Å². The predicted molar refractivity (Wildman–Crippen MR) is 119 cm³/mol. The van der Waals surface area contributed by atoms with Gasteiger partial charge in [-0.2, -0.15) is 0 Å². The van der Waals surface area contributed by atoms with Crippen molar-refractivity contribution >= 4 is 23.2 Å². The third-order valence-corrected chi connectivity index (χ3v) is 5.41. The maximum Gasteiger partial charge on any atom is 0.255 e. The number of methoxy groups -OCH3 is 1. The first-order valence-electron chi connectivity index (χ1n) is 9.83. The minimum Gasteiger partial charge on any atom is -0.497 e. The van der Waals surface area contributed by atoms with Crippen molar-refractivity contribution in [2.45, 2.75) is 19.0 Å². The van der Waals surface area contributed by atoms with Gasteiger partial charge in [0.1, 0.15) is 11.5 Å². The van der Waals surface area contributed by atoms with E-state index in [4.69, 9.17) is 21.1 Å². The summed E-state index contributed by atoms with van der Waals surface area (Å²) < 4.78 is 10.9. The van der Waals surface area contributed by atoms with E-state index < -0.39 is 0 Å². The van der Waals surface area contributed by atoms with E-state index in [2.05, 4.69) is 10.6 Å². The first-order chi connectivity index (χ1) is 14.6. The summed E-state index contributed by atoms with van der Waals surface area (Å²) in [4.78, 5) is 12.5. The van der Waals surface area contributed by atoms with Gasteiger partial charge >= 0.3 is 0 Å². The molecule has 5 nitrogen and oxygen atoms in total. The number of nitrogens with one attached hydrogen (secondary N) is 2. The zero-order chi connectivity index (χ0) is 20.9. The van der Waals surface area contributed by atoms with Crippen molar-refractivity contribution in [1.82, 2.24) is 5.32 Å². The summed E-state index contributed by atoms with van der Waals surface area (Å²) in [7, 11) is 1.60. The van der Waals surface area contributed by atoms with Gasteiger partial charge in [0.15, 0.2) is 0 Å². The van der Waals surface area contributed by atoms with E-state index in [-0.39, 0.29) is 11.9 Å². The van der Waals surface area contributed by atoms with Gasteiger partial charge in [-0.05, 0) is 48.0 Å². The number of rotatable bonds is 6. The van der Waals surface area contributed by atoms with Crippen molar-refractivity contribution in [3.63, 3.8) is 0 Å². The number of benzene rings is 3. The molecule has 0 bridgehead atoms. The van der Waals surface area contributed by atoms with Crippen molar-refractivity contribution in [2.24, 2.45) is 0 Å². The van der Waals surface area contributed by atoms with Crippen molar-refractivity contribution in [1.29, 1.82) is 0 Å². The van der Waals surface area contributed by atoms with E-state index in [9.17, 15) is 4.79 Å². The molecule has 0 saturated carbocycles. The molecule has 6 heteroatoms. The standard InChI is InChI=1S/C24H23ClN2O3/c1-29-19-10-8-17(9-11-19)24(28)27-18-5-2-4-16(14-18)15-26-22-12-13-30-23-20(22)6-3-7-21(23)25/h2-11,14,22,26H,12-13,15H2,1H3,(H,27,28). The molecule has 4 rings (SSSR count). The fourth-order valence-electron chi connectivity index (χ4n) is 3.54. The van der Waals surface area contributed by atoms with Crippen LogP contribution >= 0.6 is 11.6 Å². The molecule has 2 N–H and O–H groups in total. The van der Waals surface area contributed by atoms with E-state index in [1.165, 1.54) is 0 Å². The highest BCUT2D eigenvalue weighted by atomic mass is 35.5. The lowest BCUT2D eigenvalue weighted by molar-refractivity contribution is 0.102. The summed E-state index contributed by atoms with van der Waals surface area (Å²) in [5.74, 6) is 1.33. The van der Waals surface area contributed by atoms with Gasteiger partial charge in [0, 0.05) is 35.8 Å². The lowest BCUT2D eigenvalue weighted by Gasteiger charge is -2.27. The molecule has 1 aliphatic heterocycles. The Bertz CT molecular complexity index is 1040. The maximum absolute atomic E-state index is 12.5. The molecule has 154 valence electrons. The monoisotopic (exact) mass is 422 g/mol. The Balaban J connectivity index is 1.41.